The zero-order chi connectivity index (χ0) is 17.8. The number of benzene rings is 1. The summed E-state index contributed by atoms with van der Waals surface area (Å²) in [6.45, 7) is 3.84. The van der Waals surface area contributed by atoms with Crippen molar-refractivity contribution in [3.8, 4) is 0 Å². The van der Waals surface area contributed by atoms with Gasteiger partial charge >= 0.3 is 0 Å². The van der Waals surface area contributed by atoms with Gasteiger partial charge in [-0.3, -0.25) is 9.88 Å². The first-order valence-electron chi connectivity index (χ1n) is 10.0. The van der Waals surface area contributed by atoms with E-state index in [0.29, 0.717) is 12.1 Å². The molecule has 138 valence electrons. The molecule has 2 atom stereocenters. The third-order valence-electron chi connectivity index (χ3n) is 5.88. The second-order valence-corrected chi connectivity index (χ2v) is 7.64. The van der Waals surface area contributed by atoms with Gasteiger partial charge in [0.25, 0.3) is 0 Å². The molecule has 2 aliphatic rings. The standard InChI is InChI=1S/C22H30N4/c23-11-5-13-26(21-10-3-8-17-9-4-12-24-22(17)21)16-20-14-18-6-1-2-7-19(18)15-25-20/h1-2,4,6-7,9,12,20-21,25H,3,5,8,10-11,13-16,23H2/t20-,21+/m1/s1. The van der Waals surface area contributed by atoms with Gasteiger partial charge in [0.05, 0.1) is 11.7 Å². The minimum absolute atomic E-state index is 0.436. The summed E-state index contributed by atoms with van der Waals surface area (Å²) in [5, 5.41) is 3.75. The summed E-state index contributed by atoms with van der Waals surface area (Å²) < 4.78 is 0. The number of pyridine rings is 1. The fourth-order valence-electron chi connectivity index (χ4n) is 4.54. The summed E-state index contributed by atoms with van der Waals surface area (Å²) in [5.74, 6) is 0. The molecule has 4 heteroatoms. The molecule has 0 unspecified atom stereocenters. The van der Waals surface area contributed by atoms with Crippen molar-refractivity contribution < 1.29 is 0 Å². The van der Waals surface area contributed by atoms with E-state index in [1.54, 1.807) is 0 Å². The van der Waals surface area contributed by atoms with Crippen LogP contribution in [0.25, 0.3) is 0 Å². The Balaban J connectivity index is 1.51. The molecule has 26 heavy (non-hydrogen) atoms. The first kappa shape index (κ1) is 17.7. The van der Waals surface area contributed by atoms with Crippen LogP contribution in [-0.4, -0.2) is 35.6 Å². The monoisotopic (exact) mass is 350 g/mol. The SMILES string of the molecule is NCCCN(C[C@H]1Cc2ccccc2CN1)[C@H]1CCCc2cccnc21. The number of fused-ring (bicyclic) bond motifs is 2. The average Bonchev–Trinajstić information content (AvgIpc) is 2.70. The second kappa shape index (κ2) is 8.30. The van der Waals surface area contributed by atoms with Gasteiger partial charge in [0.1, 0.15) is 0 Å². The summed E-state index contributed by atoms with van der Waals surface area (Å²) in [6, 6.07) is 14.1. The molecule has 1 aliphatic carbocycles. The molecule has 1 aromatic carbocycles. The number of nitrogens with one attached hydrogen (secondary N) is 1. The molecule has 2 aromatic rings. The van der Waals surface area contributed by atoms with E-state index in [-0.39, 0.29) is 0 Å². The number of hydrogen-bond acceptors (Lipinski definition) is 4. The molecule has 4 nitrogen and oxygen atoms in total. The predicted molar refractivity (Wildman–Crippen MR) is 106 cm³/mol. The van der Waals surface area contributed by atoms with Gasteiger partial charge in [0, 0.05) is 31.9 Å². The van der Waals surface area contributed by atoms with E-state index in [2.05, 4.69) is 46.6 Å². The van der Waals surface area contributed by atoms with Crippen LogP contribution in [0.2, 0.25) is 0 Å². The van der Waals surface area contributed by atoms with Crippen LogP contribution in [0.15, 0.2) is 42.6 Å². The van der Waals surface area contributed by atoms with Crippen molar-refractivity contribution in [3.63, 3.8) is 0 Å². The van der Waals surface area contributed by atoms with Gasteiger partial charge in [-0.15, -0.1) is 0 Å². The second-order valence-electron chi connectivity index (χ2n) is 7.64. The first-order chi connectivity index (χ1) is 12.8. The predicted octanol–water partition coefficient (Wildman–Crippen LogP) is 2.82. The highest BCUT2D eigenvalue weighted by Crippen LogP contribution is 2.33. The van der Waals surface area contributed by atoms with Crippen LogP contribution in [0.4, 0.5) is 0 Å². The van der Waals surface area contributed by atoms with Crippen LogP contribution < -0.4 is 11.1 Å². The van der Waals surface area contributed by atoms with Crippen molar-refractivity contribution in [2.75, 3.05) is 19.6 Å². The number of aryl methyl sites for hydroxylation is 1. The highest BCUT2D eigenvalue weighted by molar-refractivity contribution is 5.30. The molecule has 1 aliphatic heterocycles. The Hall–Kier alpha value is -1.75. The Morgan fingerprint density at radius 3 is 2.85 bits per heavy atom. The Bertz CT molecular complexity index is 730. The highest BCUT2D eigenvalue weighted by Gasteiger charge is 2.29. The fourth-order valence-corrected chi connectivity index (χ4v) is 4.54. The molecule has 0 radical (unpaired) electrons. The summed E-state index contributed by atoms with van der Waals surface area (Å²) in [7, 11) is 0. The van der Waals surface area contributed by atoms with Crippen molar-refractivity contribution in [1.29, 1.82) is 0 Å². The van der Waals surface area contributed by atoms with Gasteiger partial charge in [-0.2, -0.15) is 0 Å². The third kappa shape index (κ3) is 3.83. The topological polar surface area (TPSA) is 54.2 Å². The quantitative estimate of drug-likeness (QED) is 0.841. The van der Waals surface area contributed by atoms with Gasteiger partial charge in [-0.05, 0) is 61.4 Å². The van der Waals surface area contributed by atoms with E-state index >= 15 is 0 Å². The third-order valence-corrected chi connectivity index (χ3v) is 5.88. The van der Waals surface area contributed by atoms with Crippen LogP contribution in [0.3, 0.4) is 0 Å². The number of rotatable bonds is 6. The van der Waals surface area contributed by atoms with Crippen LogP contribution in [0, 0.1) is 0 Å². The zero-order valence-electron chi connectivity index (χ0n) is 15.5. The minimum Gasteiger partial charge on any atom is -0.330 e. The highest BCUT2D eigenvalue weighted by atomic mass is 15.2. The van der Waals surface area contributed by atoms with E-state index in [4.69, 9.17) is 10.7 Å². The molecule has 0 saturated carbocycles. The van der Waals surface area contributed by atoms with Crippen LogP contribution >= 0.6 is 0 Å². The average molecular weight is 351 g/mol. The molecule has 1 aromatic heterocycles. The lowest BCUT2D eigenvalue weighted by Crippen LogP contribution is -2.47. The van der Waals surface area contributed by atoms with Gasteiger partial charge in [0.2, 0.25) is 0 Å². The Labute approximate surface area is 156 Å². The normalized spacial score (nSPS) is 22.1. The maximum Gasteiger partial charge on any atom is 0.0607 e. The molecule has 3 N–H and O–H groups in total. The van der Waals surface area contributed by atoms with E-state index < -0.39 is 0 Å². The Kier molecular flexibility index (Phi) is 5.63. The van der Waals surface area contributed by atoms with Crippen molar-refractivity contribution >= 4 is 0 Å². The Morgan fingerprint density at radius 2 is 1.96 bits per heavy atom. The Morgan fingerprint density at radius 1 is 1.12 bits per heavy atom. The fraction of sp³-hybridized carbons (Fsp3) is 0.500. The van der Waals surface area contributed by atoms with Gasteiger partial charge < -0.3 is 11.1 Å². The first-order valence-corrected chi connectivity index (χ1v) is 10.0. The van der Waals surface area contributed by atoms with Gasteiger partial charge in [0.15, 0.2) is 0 Å². The minimum atomic E-state index is 0.436. The summed E-state index contributed by atoms with van der Waals surface area (Å²) in [5.41, 5.74) is 11.5. The van der Waals surface area contributed by atoms with E-state index in [0.717, 1.165) is 39.0 Å². The van der Waals surface area contributed by atoms with E-state index in [9.17, 15) is 0 Å². The zero-order valence-corrected chi connectivity index (χ0v) is 15.5. The molecule has 0 fully saturated rings. The van der Waals surface area contributed by atoms with Crippen LogP contribution in [0.5, 0.6) is 0 Å². The molecular formula is C22H30N4. The summed E-state index contributed by atoms with van der Waals surface area (Å²) >= 11 is 0. The lowest BCUT2D eigenvalue weighted by Gasteiger charge is -2.38. The summed E-state index contributed by atoms with van der Waals surface area (Å²) in [6.07, 6.45) is 7.73. The van der Waals surface area contributed by atoms with Crippen molar-refractivity contribution in [1.82, 2.24) is 15.2 Å². The molecule has 4 rings (SSSR count). The van der Waals surface area contributed by atoms with Gasteiger partial charge in [-0.1, -0.05) is 30.3 Å². The van der Waals surface area contributed by atoms with E-state index in [1.807, 2.05) is 6.20 Å². The van der Waals surface area contributed by atoms with Gasteiger partial charge in [-0.25, -0.2) is 0 Å². The molecule has 0 spiro atoms. The van der Waals surface area contributed by atoms with Crippen LogP contribution in [-0.2, 0) is 19.4 Å². The largest absolute Gasteiger partial charge is 0.330 e. The van der Waals surface area contributed by atoms with E-state index in [1.165, 1.54) is 41.6 Å². The smallest absolute Gasteiger partial charge is 0.0607 e. The lowest BCUT2D eigenvalue weighted by atomic mass is 9.89. The molecule has 0 saturated heterocycles. The number of nitrogens with two attached hydrogens (primary N) is 1. The van der Waals surface area contributed by atoms with Crippen molar-refractivity contribution in [2.45, 2.75) is 50.7 Å². The molecule has 0 amide bonds. The number of hydrogen-bond donors (Lipinski definition) is 2. The number of nitrogens with zero attached hydrogens (tertiary/aromatic N) is 2. The molecule has 0 bridgehead atoms. The van der Waals surface area contributed by atoms with Crippen molar-refractivity contribution in [2.24, 2.45) is 5.73 Å². The van der Waals surface area contributed by atoms with Crippen molar-refractivity contribution in [3.05, 3.63) is 65.0 Å². The maximum absolute atomic E-state index is 5.84. The lowest BCUT2D eigenvalue weighted by molar-refractivity contribution is 0.152. The van der Waals surface area contributed by atoms with Crippen LogP contribution in [0.1, 0.15) is 47.7 Å². The number of aromatic nitrogens is 1. The molecular weight excluding hydrogens is 320 g/mol. The molecule has 2 heterocycles. The maximum atomic E-state index is 5.84. The summed E-state index contributed by atoms with van der Waals surface area (Å²) in [4.78, 5) is 7.41.